The zero-order valence-electron chi connectivity index (χ0n) is 10.2. The molecule has 0 rings (SSSR count). The minimum atomic E-state index is -1.03. The fraction of sp³-hybridized carbons (Fsp3) is 0.818. The van der Waals surface area contributed by atoms with Crippen LogP contribution in [0.3, 0.4) is 0 Å². The molecular formula is C11H21N2O3. The lowest BCUT2D eigenvalue weighted by Gasteiger charge is -2.19. The van der Waals surface area contributed by atoms with Gasteiger partial charge in [0.1, 0.15) is 5.60 Å². The number of hydrogen-bond acceptors (Lipinski definition) is 4. The molecular weight excluding hydrogens is 208 g/mol. The van der Waals surface area contributed by atoms with Crippen molar-refractivity contribution in [2.75, 3.05) is 6.54 Å². The Bertz CT molecular complexity index is 246. The first-order valence-electron chi connectivity index (χ1n) is 5.46. The van der Waals surface area contributed by atoms with E-state index in [0.29, 0.717) is 19.4 Å². The van der Waals surface area contributed by atoms with Gasteiger partial charge in [0.2, 0.25) is 0 Å². The number of Topliss-reactive ketones (excluding diaryl/α,β-unsaturated/α-hetero) is 1. The third-order valence-electron chi connectivity index (χ3n) is 1.86. The molecule has 0 fully saturated rings. The number of hydrogen-bond donors (Lipinski definition) is 1. The van der Waals surface area contributed by atoms with Gasteiger partial charge < -0.3 is 10.5 Å². The van der Waals surface area contributed by atoms with Crippen LogP contribution in [0.4, 0.5) is 0 Å². The first-order valence-corrected chi connectivity index (χ1v) is 5.46. The van der Waals surface area contributed by atoms with E-state index in [1.54, 1.807) is 20.8 Å². The highest BCUT2D eigenvalue weighted by molar-refractivity contribution is 6.35. The molecule has 0 aliphatic carbocycles. The van der Waals surface area contributed by atoms with Crippen LogP contribution < -0.4 is 11.5 Å². The summed E-state index contributed by atoms with van der Waals surface area (Å²) in [5.74, 6) is -1.69. The molecule has 0 unspecified atom stereocenters. The molecule has 0 aromatic heterocycles. The SMILES string of the molecule is CC(C)(C)OC(=O)C(=O)[C@@H]([NH])CCCCN. The molecule has 0 amide bonds. The Morgan fingerprint density at radius 1 is 1.31 bits per heavy atom. The van der Waals surface area contributed by atoms with E-state index in [-0.39, 0.29) is 0 Å². The van der Waals surface area contributed by atoms with Gasteiger partial charge in [-0.25, -0.2) is 10.5 Å². The maximum Gasteiger partial charge on any atom is 0.376 e. The molecule has 5 heteroatoms. The number of nitrogens with one attached hydrogen (secondary N) is 1. The molecule has 16 heavy (non-hydrogen) atoms. The molecule has 0 aliphatic heterocycles. The molecule has 0 aliphatic rings. The standard InChI is InChI=1S/C11H21N2O3/c1-11(2,3)16-10(15)9(14)8(13)6-4-5-7-12/h8,13H,4-7,12H2,1-3H3/t8-/m0/s1. The van der Waals surface area contributed by atoms with Crippen molar-refractivity contribution in [1.82, 2.24) is 5.73 Å². The van der Waals surface area contributed by atoms with Crippen molar-refractivity contribution in [1.29, 1.82) is 0 Å². The normalized spacial score (nSPS) is 13.3. The van der Waals surface area contributed by atoms with Crippen LogP contribution in [0.5, 0.6) is 0 Å². The van der Waals surface area contributed by atoms with Crippen LogP contribution in [0.15, 0.2) is 0 Å². The first kappa shape index (κ1) is 15.1. The second kappa shape index (κ2) is 6.60. The molecule has 0 saturated carbocycles. The van der Waals surface area contributed by atoms with Crippen LogP contribution in [0.25, 0.3) is 0 Å². The third-order valence-corrected chi connectivity index (χ3v) is 1.86. The summed E-state index contributed by atoms with van der Waals surface area (Å²) in [5.41, 5.74) is 12.1. The monoisotopic (exact) mass is 229 g/mol. The molecule has 0 heterocycles. The van der Waals surface area contributed by atoms with Crippen molar-refractivity contribution in [3.63, 3.8) is 0 Å². The minimum absolute atomic E-state index is 0.356. The van der Waals surface area contributed by atoms with Gasteiger partial charge in [-0.3, -0.25) is 4.79 Å². The second-order valence-corrected chi connectivity index (χ2v) is 4.70. The van der Waals surface area contributed by atoms with Gasteiger partial charge in [0.15, 0.2) is 0 Å². The van der Waals surface area contributed by atoms with Gasteiger partial charge in [-0.05, 0) is 40.2 Å². The Labute approximate surface area is 96.5 Å². The lowest BCUT2D eigenvalue weighted by atomic mass is 10.1. The summed E-state index contributed by atoms with van der Waals surface area (Å²) in [6, 6.07) is -1.03. The Kier molecular flexibility index (Phi) is 6.21. The maximum atomic E-state index is 11.4. The first-order chi connectivity index (χ1) is 7.28. The topological polar surface area (TPSA) is 93.2 Å². The van der Waals surface area contributed by atoms with Gasteiger partial charge in [0, 0.05) is 0 Å². The van der Waals surface area contributed by atoms with Crippen LogP contribution >= 0.6 is 0 Å². The Morgan fingerprint density at radius 2 is 1.88 bits per heavy atom. The van der Waals surface area contributed by atoms with E-state index in [9.17, 15) is 9.59 Å². The molecule has 3 N–H and O–H groups in total. The summed E-state index contributed by atoms with van der Waals surface area (Å²) in [4.78, 5) is 22.7. The quantitative estimate of drug-likeness (QED) is 0.411. The van der Waals surface area contributed by atoms with Crippen molar-refractivity contribution in [3.05, 3.63) is 0 Å². The fourth-order valence-electron chi connectivity index (χ4n) is 1.09. The maximum absolute atomic E-state index is 11.4. The highest BCUT2D eigenvalue weighted by Crippen LogP contribution is 2.09. The summed E-state index contributed by atoms with van der Waals surface area (Å²) in [6.07, 6.45) is 1.80. The Morgan fingerprint density at radius 3 is 2.31 bits per heavy atom. The van der Waals surface area contributed by atoms with Crippen LogP contribution in [-0.4, -0.2) is 29.9 Å². The number of esters is 1. The van der Waals surface area contributed by atoms with E-state index < -0.39 is 23.4 Å². The summed E-state index contributed by atoms with van der Waals surface area (Å²) in [7, 11) is 0. The van der Waals surface area contributed by atoms with Gasteiger partial charge in [-0.15, -0.1) is 0 Å². The molecule has 0 spiro atoms. The summed E-state index contributed by atoms with van der Waals surface area (Å²) in [5, 5.41) is 0. The van der Waals surface area contributed by atoms with Gasteiger partial charge in [0.25, 0.3) is 5.78 Å². The number of ether oxygens (including phenoxy) is 1. The van der Waals surface area contributed by atoms with Crippen molar-refractivity contribution in [2.24, 2.45) is 5.73 Å². The summed E-state index contributed by atoms with van der Waals surface area (Å²) < 4.78 is 4.89. The van der Waals surface area contributed by atoms with E-state index in [1.807, 2.05) is 0 Å². The molecule has 1 radical (unpaired) electrons. The lowest BCUT2D eigenvalue weighted by Crippen LogP contribution is -2.36. The van der Waals surface area contributed by atoms with Crippen molar-refractivity contribution in [2.45, 2.75) is 51.7 Å². The molecule has 5 nitrogen and oxygen atoms in total. The van der Waals surface area contributed by atoms with E-state index >= 15 is 0 Å². The number of rotatable bonds is 6. The van der Waals surface area contributed by atoms with Crippen LogP contribution in [-0.2, 0) is 14.3 Å². The molecule has 0 aromatic rings. The third kappa shape index (κ3) is 6.53. The largest absolute Gasteiger partial charge is 0.454 e. The van der Waals surface area contributed by atoms with Crippen LogP contribution in [0.1, 0.15) is 40.0 Å². The zero-order chi connectivity index (χ0) is 12.8. The predicted molar refractivity (Wildman–Crippen MR) is 60.6 cm³/mol. The zero-order valence-corrected chi connectivity index (χ0v) is 10.2. The highest BCUT2D eigenvalue weighted by atomic mass is 16.6. The van der Waals surface area contributed by atoms with Gasteiger partial charge in [0.05, 0.1) is 6.04 Å². The number of unbranched alkanes of at least 4 members (excludes halogenated alkanes) is 1. The second-order valence-electron chi connectivity index (χ2n) is 4.70. The number of carbonyl (C=O) groups is 2. The van der Waals surface area contributed by atoms with E-state index in [1.165, 1.54) is 0 Å². The average molecular weight is 229 g/mol. The highest BCUT2D eigenvalue weighted by Gasteiger charge is 2.27. The Balaban J connectivity index is 4.07. The van der Waals surface area contributed by atoms with Crippen molar-refractivity contribution < 1.29 is 14.3 Å². The molecule has 1 atom stereocenters. The molecule has 93 valence electrons. The number of ketones is 1. The van der Waals surface area contributed by atoms with Crippen LogP contribution in [0.2, 0.25) is 0 Å². The number of carbonyl (C=O) groups excluding carboxylic acids is 2. The van der Waals surface area contributed by atoms with Crippen LogP contribution in [0, 0.1) is 0 Å². The Hall–Kier alpha value is -0.940. The van der Waals surface area contributed by atoms with Gasteiger partial charge in [-0.1, -0.05) is 6.42 Å². The molecule has 0 aromatic carbocycles. The lowest BCUT2D eigenvalue weighted by molar-refractivity contribution is -0.163. The minimum Gasteiger partial charge on any atom is -0.454 e. The summed E-state index contributed by atoms with van der Waals surface area (Å²) >= 11 is 0. The van der Waals surface area contributed by atoms with E-state index in [4.69, 9.17) is 16.2 Å². The molecule has 0 saturated heterocycles. The van der Waals surface area contributed by atoms with E-state index in [2.05, 4.69) is 0 Å². The molecule has 0 bridgehead atoms. The smallest absolute Gasteiger partial charge is 0.376 e. The predicted octanol–water partition coefficient (Wildman–Crippen LogP) is 0.678. The van der Waals surface area contributed by atoms with Gasteiger partial charge >= 0.3 is 5.97 Å². The fourth-order valence-corrected chi connectivity index (χ4v) is 1.09. The van der Waals surface area contributed by atoms with E-state index in [0.717, 1.165) is 6.42 Å². The number of nitrogens with two attached hydrogens (primary N) is 1. The van der Waals surface area contributed by atoms with Gasteiger partial charge in [-0.2, -0.15) is 0 Å². The van der Waals surface area contributed by atoms with Crippen molar-refractivity contribution in [3.8, 4) is 0 Å². The summed E-state index contributed by atoms with van der Waals surface area (Å²) in [6.45, 7) is 5.59. The average Bonchev–Trinajstić information content (AvgIpc) is 2.14. The van der Waals surface area contributed by atoms with Crippen molar-refractivity contribution >= 4 is 11.8 Å².